The van der Waals surface area contributed by atoms with Crippen molar-refractivity contribution in [3.05, 3.63) is 11.8 Å². The van der Waals surface area contributed by atoms with E-state index in [0.717, 1.165) is 32.2 Å². The zero-order valence-corrected chi connectivity index (χ0v) is 16.2. The Bertz CT molecular complexity index is 287. The van der Waals surface area contributed by atoms with Gasteiger partial charge in [-0.15, -0.1) is 0 Å². The van der Waals surface area contributed by atoms with E-state index >= 15 is 0 Å². The number of carbonyl (C=O) groups is 1. The Balaban J connectivity index is 3.38. The van der Waals surface area contributed by atoms with Crippen molar-refractivity contribution in [1.82, 2.24) is 0 Å². The normalized spacial score (nSPS) is 11.7. The summed E-state index contributed by atoms with van der Waals surface area (Å²) in [6, 6.07) is 0. The van der Waals surface area contributed by atoms with Gasteiger partial charge in [-0.3, -0.25) is 4.79 Å². The maximum atomic E-state index is 10.9. The third kappa shape index (κ3) is 17.5. The van der Waals surface area contributed by atoms with Crippen LogP contribution in [0.5, 0.6) is 0 Å². The molecule has 0 aliphatic carbocycles. The molecule has 0 bridgehead atoms. The fourth-order valence-electron chi connectivity index (χ4n) is 2.64. The Morgan fingerprint density at radius 3 is 1.88 bits per heavy atom. The maximum absolute atomic E-state index is 10.9. The number of rotatable bonds is 19. The predicted molar refractivity (Wildman–Crippen MR) is 102 cm³/mol. The van der Waals surface area contributed by atoms with Gasteiger partial charge < -0.3 is 9.47 Å². The van der Waals surface area contributed by atoms with Gasteiger partial charge in [0.1, 0.15) is 0 Å². The van der Waals surface area contributed by atoms with Crippen LogP contribution in [0.1, 0.15) is 104 Å². The highest BCUT2D eigenvalue weighted by atomic mass is 16.7. The van der Waals surface area contributed by atoms with Crippen LogP contribution in [0.2, 0.25) is 0 Å². The molecule has 0 N–H and O–H groups in total. The van der Waals surface area contributed by atoms with Gasteiger partial charge in [0.2, 0.25) is 0 Å². The van der Waals surface area contributed by atoms with Crippen LogP contribution in [0.25, 0.3) is 0 Å². The Kier molecular flexibility index (Phi) is 19.5. The van der Waals surface area contributed by atoms with E-state index in [1.165, 1.54) is 70.6 Å². The zero-order chi connectivity index (χ0) is 17.7. The van der Waals surface area contributed by atoms with Crippen molar-refractivity contribution >= 4 is 6.29 Å². The molecule has 0 unspecified atom stereocenters. The van der Waals surface area contributed by atoms with Gasteiger partial charge in [0.15, 0.2) is 18.8 Å². The molecule has 0 aromatic carbocycles. The summed E-state index contributed by atoms with van der Waals surface area (Å²) in [5.41, 5.74) is 0. The highest BCUT2D eigenvalue weighted by molar-refractivity contribution is 5.69. The molecule has 0 radical (unpaired) electrons. The number of carbonyl (C=O) groups excluding carboxylic acids is 1. The Morgan fingerprint density at radius 1 is 0.750 bits per heavy atom. The summed E-state index contributed by atoms with van der Waals surface area (Å²) in [5, 5.41) is 0. The number of ether oxygens (including phenoxy) is 2. The van der Waals surface area contributed by atoms with E-state index in [-0.39, 0.29) is 6.79 Å². The van der Waals surface area contributed by atoms with Crippen molar-refractivity contribution in [3.63, 3.8) is 0 Å². The first-order valence-electron chi connectivity index (χ1n) is 10.2. The lowest BCUT2D eigenvalue weighted by molar-refractivity contribution is -0.111. The van der Waals surface area contributed by atoms with Crippen LogP contribution in [0.15, 0.2) is 11.8 Å². The van der Waals surface area contributed by atoms with E-state index < -0.39 is 0 Å². The molecule has 0 aliphatic rings. The van der Waals surface area contributed by atoms with E-state index in [0.29, 0.717) is 5.76 Å². The molecule has 0 saturated carbocycles. The Hall–Kier alpha value is -0.830. The molecule has 0 fully saturated rings. The minimum absolute atomic E-state index is 0.191. The lowest BCUT2D eigenvalue weighted by atomic mass is 10.1. The first-order chi connectivity index (χ1) is 11.8. The van der Waals surface area contributed by atoms with Gasteiger partial charge in [0.05, 0.1) is 6.61 Å². The van der Waals surface area contributed by atoms with E-state index in [2.05, 4.69) is 13.8 Å². The first-order valence-corrected chi connectivity index (χ1v) is 10.2. The largest absolute Gasteiger partial charge is 0.464 e. The van der Waals surface area contributed by atoms with Crippen molar-refractivity contribution in [2.24, 2.45) is 0 Å². The summed E-state index contributed by atoms with van der Waals surface area (Å²) in [5.74, 6) is 0.418. The summed E-state index contributed by atoms with van der Waals surface area (Å²) in [7, 11) is 0. The monoisotopic (exact) mass is 340 g/mol. The van der Waals surface area contributed by atoms with Gasteiger partial charge in [0, 0.05) is 0 Å². The summed E-state index contributed by atoms with van der Waals surface area (Å²) < 4.78 is 10.8. The second-order valence-electron chi connectivity index (χ2n) is 6.57. The molecule has 3 heteroatoms. The van der Waals surface area contributed by atoms with Crippen LogP contribution in [0.3, 0.4) is 0 Å². The molecule has 142 valence electrons. The lowest BCUT2D eigenvalue weighted by Gasteiger charge is -2.07. The number of hydrogen-bond donors (Lipinski definition) is 0. The minimum Gasteiger partial charge on any atom is -0.464 e. The summed E-state index contributed by atoms with van der Waals surface area (Å²) in [6.07, 6.45) is 20.1. The van der Waals surface area contributed by atoms with Gasteiger partial charge in [0.25, 0.3) is 0 Å². The molecule has 0 aromatic heterocycles. The molecule has 24 heavy (non-hydrogen) atoms. The molecule has 0 amide bonds. The number of hydrogen-bond acceptors (Lipinski definition) is 3. The van der Waals surface area contributed by atoms with Crippen molar-refractivity contribution < 1.29 is 14.3 Å². The van der Waals surface area contributed by atoms with E-state index in [9.17, 15) is 4.79 Å². The molecule has 3 nitrogen and oxygen atoms in total. The minimum atomic E-state index is 0.191. The van der Waals surface area contributed by atoms with Crippen LogP contribution in [-0.2, 0) is 14.3 Å². The molecule has 0 aromatic rings. The van der Waals surface area contributed by atoms with Crippen LogP contribution < -0.4 is 0 Å². The number of allylic oxidation sites excluding steroid dienone is 2. The summed E-state index contributed by atoms with van der Waals surface area (Å²) in [6.45, 7) is 5.37. The molecular formula is C21H40O3. The van der Waals surface area contributed by atoms with Crippen molar-refractivity contribution in [1.29, 1.82) is 0 Å². The third-order valence-corrected chi connectivity index (χ3v) is 4.22. The van der Waals surface area contributed by atoms with Gasteiger partial charge in [-0.25, -0.2) is 0 Å². The highest BCUT2D eigenvalue weighted by Crippen LogP contribution is 2.09. The van der Waals surface area contributed by atoms with Crippen molar-refractivity contribution in [2.75, 3.05) is 13.4 Å². The fourth-order valence-corrected chi connectivity index (χ4v) is 2.64. The summed E-state index contributed by atoms with van der Waals surface area (Å²) in [4.78, 5) is 10.9. The standard InChI is InChI=1S/C21H40O3/c1-3-5-7-9-11-12-14-16-18-23-20-24-21(19-22)17-15-13-10-8-6-4-2/h17,19H,3-16,18,20H2,1-2H3/b21-17+. The second-order valence-corrected chi connectivity index (χ2v) is 6.57. The molecule has 0 aliphatic heterocycles. The molecule has 0 rings (SSSR count). The number of unbranched alkanes of at least 4 members (excludes halogenated alkanes) is 12. The van der Waals surface area contributed by atoms with Gasteiger partial charge in [-0.2, -0.15) is 0 Å². The molecular weight excluding hydrogens is 300 g/mol. The smallest absolute Gasteiger partial charge is 0.189 e. The SMILES string of the molecule is CCCCCCC/C=C(\C=O)OCOCCCCCCCCCC. The maximum Gasteiger partial charge on any atom is 0.189 e. The van der Waals surface area contributed by atoms with Crippen LogP contribution in [0, 0.1) is 0 Å². The second kappa shape index (κ2) is 20.2. The van der Waals surface area contributed by atoms with Gasteiger partial charge >= 0.3 is 0 Å². The predicted octanol–water partition coefficient (Wildman–Crippen LogP) is 6.56. The zero-order valence-electron chi connectivity index (χ0n) is 16.2. The van der Waals surface area contributed by atoms with Crippen molar-refractivity contribution in [3.8, 4) is 0 Å². The number of aldehydes is 1. The molecule has 0 heterocycles. The molecule has 0 atom stereocenters. The average molecular weight is 341 g/mol. The van der Waals surface area contributed by atoms with E-state index in [4.69, 9.17) is 9.47 Å². The molecule has 0 spiro atoms. The van der Waals surface area contributed by atoms with E-state index in [1.807, 2.05) is 6.08 Å². The van der Waals surface area contributed by atoms with Crippen LogP contribution >= 0.6 is 0 Å². The highest BCUT2D eigenvalue weighted by Gasteiger charge is 1.97. The molecule has 0 saturated heterocycles. The topological polar surface area (TPSA) is 35.5 Å². The fraction of sp³-hybridized carbons (Fsp3) is 0.857. The Labute approximate surface area is 150 Å². The van der Waals surface area contributed by atoms with Crippen LogP contribution in [0.4, 0.5) is 0 Å². The van der Waals surface area contributed by atoms with Crippen molar-refractivity contribution in [2.45, 2.75) is 104 Å². The van der Waals surface area contributed by atoms with Gasteiger partial charge in [-0.1, -0.05) is 84.5 Å². The average Bonchev–Trinajstić information content (AvgIpc) is 2.60. The quantitative estimate of drug-likeness (QED) is 0.0878. The van der Waals surface area contributed by atoms with Gasteiger partial charge in [-0.05, 0) is 25.3 Å². The summed E-state index contributed by atoms with van der Waals surface area (Å²) >= 11 is 0. The third-order valence-electron chi connectivity index (χ3n) is 4.22. The first kappa shape index (κ1) is 23.2. The lowest BCUT2D eigenvalue weighted by Crippen LogP contribution is -2.02. The van der Waals surface area contributed by atoms with Crippen LogP contribution in [-0.4, -0.2) is 19.7 Å². The Morgan fingerprint density at radius 2 is 1.29 bits per heavy atom. The van der Waals surface area contributed by atoms with E-state index in [1.54, 1.807) is 0 Å².